The van der Waals surface area contributed by atoms with Gasteiger partial charge in [0.15, 0.2) is 0 Å². The van der Waals surface area contributed by atoms with Crippen LogP contribution in [-0.4, -0.2) is 47.1 Å². The van der Waals surface area contributed by atoms with Crippen molar-refractivity contribution >= 4 is 28.3 Å². The van der Waals surface area contributed by atoms with Crippen LogP contribution in [-0.2, 0) is 16.0 Å². The van der Waals surface area contributed by atoms with Gasteiger partial charge < -0.3 is 15.0 Å². The zero-order valence-corrected chi connectivity index (χ0v) is 19.2. The normalized spacial score (nSPS) is 10.6. The second kappa shape index (κ2) is 12.0. The molecule has 3 rings (SSSR count). The molecule has 0 bridgehead atoms. The molecule has 2 amide bonds. The third kappa shape index (κ3) is 6.88. The SMILES string of the molecule is CCCN(CCC(=O)Nc1nnc(-c2cccc(OC)c2)s1)C(=O)CCc1ccccc1. The Morgan fingerprint density at radius 3 is 2.59 bits per heavy atom. The highest BCUT2D eigenvalue weighted by molar-refractivity contribution is 7.18. The highest BCUT2D eigenvalue weighted by Gasteiger charge is 2.16. The first-order valence-corrected chi connectivity index (χ1v) is 11.5. The molecule has 0 fully saturated rings. The van der Waals surface area contributed by atoms with Gasteiger partial charge in [0.05, 0.1) is 7.11 Å². The number of methoxy groups -OCH3 is 1. The van der Waals surface area contributed by atoms with Crippen LogP contribution in [0.2, 0.25) is 0 Å². The smallest absolute Gasteiger partial charge is 0.227 e. The van der Waals surface area contributed by atoms with Crippen molar-refractivity contribution in [2.75, 3.05) is 25.5 Å². The molecule has 7 nitrogen and oxygen atoms in total. The summed E-state index contributed by atoms with van der Waals surface area (Å²) in [5.41, 5.74) is 2.01. The maximum absolute atomic E-state index is 12.7. The first-order valence-electron chi connectivity index (χ1n) is 10.7. The van der Waals surface area contributed by atoms with E-state index in [4.69, 9.17) is 4.74 Å². The fraction of sp³-hybridized carbons (Fsp3) is 0.333. The number of rotatable bonds is 11. The van der Waals surface area contributed by atoms with Crippen LogP contribution in [0.5, 0.6) is 5.75 Å². The molecule has 0 unspecified atom stereocenters. The number of hydrogen-bond acceptors (Lipinski definition) is 6. The van der Waals surface area contributed by atoms with E-state index in [-0.39, 0.29) is 18.2 Å². The van der Waals surface area contributed by atoms with Gasteiger partial charge in [-0.05, 0) is 30.5 Å². The Morgan fingerprint density at radius 2 is 1.84 bits per heavy atom. The third-order valence-electron chi connectivity index (χ3n) is 4.91. The molecule has 0 aliphatic rings. The summed E-state index contributed by atoms with van der Waals surface area (Å²) in [6.07, 6.45) is 2.19. The number of hydrogen-bond donors (Lipinski definition) is 1. The average Bonchev–Trinajstić information content (AvgIpc) is 3.29. The summed E-state index contributed by atoms with van der Waals surface area (Å²) in [5.74, 6) is 0.617. The monoisotopic (exact) mass is 452 g/mol. The minimum atomic E-state index is -0.185. The second-order valence-electron chi connectivity index (χ2n) is 7.31. The van der Waals surface area contributed by atoms with Crippen molar-refractivity contribution in [3.05, 3.63) is 60.2 Å². The Kier molecular flexibility index (Phi) is 8.74. The van der Waals surface area contributed by atoms with Crippen LogP contribution in [0.25, 0.3) is 10.6 Å². The molecule has 3 aromatic rings. The molecule has 0 saturated carbocycles. The second-order valence-corrected chi connectivity index (χ2v) is 8.29. The molecule has 0 saturated heterocycles. The number of anilines is 1. The number of carbonyl (C=O) groups is 2. The van der Waals surface area contributed by atoms with E-state index in [1.165, 1.54) is 11.3 Å². The predicted molar refractivity (Wildman–Crippen MR) is 127 cm³/mol. The molecule has 2 aromatic carbocycles. The van der Waals surface area contributed by atoms with Crippen molar-refractivity contribution in [3.8, 4) is 16.3 Å². The zero-order chi connectivity index (χ0) is 22.8. The van der Waals surface area contributed by atoms with Crippen LogP contribution in [0.3, 0.4) is 0 Å². The van der Waals surface area contributed by atoms with Crippen LogP contribution in [0.4, 0.5) is 5.13 Å². The van der Waals surface area contributed by atoms with E-state index in [9.17, 15) is 9.59 Å². The molecule has 1 aromatic heterocycles. The van der Waals surface area contributed by atoms with Crippen molar-refractivity contribution in [3.63, 3.8) is 0 Å². The van der Waals surface area contributed by atoms with Crippen LogP contribution in [0, 0.1) is 0 Å². The van der Waals surface area contributed by atoms with Gasteiger partial charge in [0.25, 0.3) is 0 Å². The van der Waals surface area contributed by atoms with Gasteiger partial charge in [0.1, 0.15) is 10.8 Å². The summed E-state index contributed by atoms with van der Waals surface area (Å²) < 4.78 is 5.24. The molecule has 0 aliphatic heterocycles. The molecule has 8 heteroatoms. The van der Waals surface area contributed by atoms with Crippen molar-refractivity contribution < 1.29 is 14.3 Å². The molecule has 1 heterocycles. The Morgan fingerprint density at radius 1 is 1.03 bits per heavy atom. The number of ether oxygens (including phenoxy) is 1. The maximum Gasteiger partial charge on any atom is 0.227 e. The van der Waals surface area contributed by atoms with Crippen LogP contribution < -0.4 is 10.1 Å². The van der Waals surface area contributed by atoms with Gasteiger partial charge in [-0.3, -0.25) is 9.59 Å². The minimum Gasteiger partial charge on any atom is -0.497 e. The maximum atomic E-state index is 12.7. The van der Waals surface area contributed by atoms with E-state index in [1.807, 2.05) is 61.5 Å². The fourth-order valence-corrected chi connectivity index (χ4v) is 4.01. The lowest BCUT2D eigenvalue weighted by Crippen LogP contribution is -2.34. The van der Waals surface area contributed by atoms with Gasteiger partial charge in [-0.1, -0.05) is 60.7 Å². The van der Waals surface area contributed by atoms with E-state index in [2.05, 4.69) is 15.5 Å². The molecule has 1 N–H and O–H groups in total. The Bertz CT molecular complexity index is 1020. The summed E-state index contributed by atoms with van der Waals surface area (Å²) in [6.45, 7) is 3.05. The highest BCUT2D eigenvalue weighted by atomic mass is 32.1. The summed E-state index contributed by atoms with van der Waals surface area (Å²) in [4.78, 5) is 26.9. The van der Waals surface area contributed by atoms with Gasteiger partial charge in [0.2, 0.25) is 16.9 Å². The summed E-state index contributed by atoms with van der Waals surface area (Å²) in [6, 6.07) is 17.5. The summed E-state index contributed by atoms with van der Waals surface area (Å²) in [5, 5.41) is 12.1. The number of nitrogens with zero attached hydrogens (tertiary/aromatic N) is 3. The first kappa shape index (κ1) is 23.4. The van der Waals surface area contributed by atoms with E-state index in [0.717, 1.165) is 23.3 Å². The van der Waals surface area contributed by atoms with Crippen molar-refractivity contribution in [1.29, 1.82) is 0 Å². The zero-order valence-electron chi connectivity index (χ0n) is 18.4. The summed E-state index contributed by atoms with van der Waals surface area (Å²) >= 11 is 1.30. The number of nitrogens with one attached hydrogen (secondary N) is 1. The van der Waals surface area contributed by atoms with E-state index >= 15 is 0 Å². The summed E-state index contributed by atoms with van der Waals surface area (Å²) in [7, 11) is 1.61. The molecule has 32 heavy (non-hydrogen) atoms. The lowest BCUT2D eigenvalue weighted by atomic mass is 10.1. The van der Waals surface area contributed by atoms with E-state index in [1.54, 1.807) is 12.0 Å². The Labute approximate surface area is 192 Å². The topological polar surface area (TPSA) is 84.4 Å². The molecule has 0 spiro atoms. The minimum absolute atomic E-state index is 0.0692. The Balaban J connectivity index is 1.50. The molecule has 168 valence electrons. The molecular formula is C24H28N4O3S. The van der Waals surface area contributed by atoms with Gasteiger partial charge in [-0.25, -0.2) is 0 Å². The standard InChI is InChI=1S/C24H28N4O3S/c1-3-15-28(22(30)13-12-18-8-5-4-6-9-18)16-14-21(29)25-24-27-26-23(32-24)19-10-7-11-20(17-19)31-2/h4-11,17H,3,12-16H2,1-2H3,(H,25,27,29). The predicted octanol–water partition coefficient (Wildman–Crippen LogP) is 4.41. The molecule has 0 aliphatic carbocycles. The average molecular weight is 453 g/mol. The number of carbonyl (C=O) groups excluding carboxylic acids is 2. The fourth-order valence-electron chi connectivity index (χ4n) is 3.25. The van der Waals surface area contributed by atoms with Crippen LogP contribution in [0.1, 0.15) is 31.7 Å². The third-order valence-corrected chi connectivity index (χ3v) is 5.80. The first-order chi connectivity index (χ1) is 15.6. The van der Waals surface area contributed by atoms with Gasteiger partial charge >= 0.3 is 0 Å². The van der Waals surface area contributed by atoms with E-state index < -0.39 is 0 Å². The Hall–Kier alpha value is -3.26. The van der Waals surface area contributed by atoms with E-state index in [0.29, 0.717) is 36.1 Å². The van der Waals surface area contributed by atoms with Crippen molar-refractivity contribution in [2.24, 2.45) is 0 Å². The largest absolute Gasteiger partial charge is 0.497 e. The van der Waals surface area contributed by atoms with Crippen LogP contribution in [0.15, 0.2) is 54.6 Å². The quantitative estimate of drug-likeness (QED) is 0.466. The van der Waals surface area contributed by atoms with Crippen LogP contribution >= 0.6 is 11.3 Å². The van der Waals surface area contributed by atoms with Gasteiger partial charge in [0, 0.05) is 31.5 Å². The number of aromatic nitrogens is 2. The molecule has 0 atom stereocenters. The van der Waals surface area contributed by atoms with Gasteiger partial charge in [-0.2, -0.15) is 0 Å². The lowest BCUT2D eigenvalue weighted by Gasteiger charge is -2.22. The molecule has 0 radical (unpaired) electrons. The lowest BCUT2D eigenvalue weighted by molar-refractivity contribution is -0.131. The van der Waals surface area contributed by atoms with Gasteiger partial charge in [-0.15, -0.1) is 10.2 Å². The molecular weight excluding hydrogens is 424 g/mol. The van der Waals surface area contributed by atoms with Crippen molar-refractivity contribution in [2.45, 2.75) is 32.6 Å². The van der Waals surface area contributed by atoms with Crippen molar-refractivity contribution in [1.82, 2.24) is 15.1 Å². The number of benzene rings is 2. The number of aryl methyl sites for hydroxylation is 1. The highest BCUT2D eigenvalue weighted by Crippen LogP contribution is 2.28. The number of amides is 2.